The van der Waals surface area contributed by atoms with E-state index in [0.717, 1.165) is 17.5 Å². The van der Waals surface area contributed by atoms with Gasteiger partial charge in [0.15, 0.2) is 11.5 Å². The highest BCUT2D eigenvalue weighted by atomic mass is 16.6. The zero-order valence-electron chi connectivity index (χ0n) is 21.0. The van der Waals surface area contributed by atoms with Gasteiger partial charge >= 0.3 is 11.9 Å². The maximum atomic E-state index is 12.9. The summed E-state index contributed by atoms with van der Waals surface area (Å²) in [6.45, 7) is 13.0. The highest BCUT2D eigenvalue weighted by molar-refractivity contribution is 5.93. The Bertz CT molecular complexity index is 1140. The summed E-state index contributed by atoms with van der Waals surface area (Å²) in [5, 5.41) is 0. The van der Waals surface area contributed by atoms with Crippen LogP contribution in [0.25, 0.3) is 0 Å². The standard InChI is InChI=1S/C30H34O4/c1-7-21-18-24(30(5,6)20-29(2,3)4)19-25(33-27(31)22-14-10-8-11-15-22)26(21)34-28(32)23-16-12-9-13-17-23/h8-19H,7,20H2,1-6H3. The number of rotatable bonds is 7. The third kappa shape index (κ3) is 6.34. The third-order valence-corrected chi connectivity index (χ3v) is 5.68. The van der Waals surface area contributed by atoms with Crippen molar-refractivity contribution in [3.05, 3.63) is 95.1 Å². The van der Waals surface area contributed by atoms with Gasteiger partial charge in [0.05, 0.1) is 11.1 Å². The first kappa shape index (κ1) is 25.2. The van der Waals surface area contributed by atoms with E-state index in [1.807, 2.05) is 25.1 Å². The van der Waals surface area contributed by atoms with Crippen LogP contribution in [0.2, 0.25) is 0 Å². The summed E-state index contributed by atoms with van der Waals surface area (Å²) in [6, 6.07) is 21.5. The summed E-state index contributed by atoms with van der Waals surface area (Å²) in [5.41, 5.74) is 2.64. The Morgan fingerprint density at radius 1 is 0.735 bits per heavy atom. The summed E-state index contributed by atoms with van der Waals surface area (Å²) in [7, 11) is 0. The molecule has 34 heavy (non-hydrogen) atoms. The van der Waals surface area contributed by atoms with Crippen LogP contribution in [0.1, 0.15) is 79.8 Å². The Morgan fingerprint density at radius 2 is 1.24 bits per heavy atom. The summed E-state index contributed by atoms with van der Waals surface area (Å²) >= 11 is 0. The maximum Gasteiger partial charge on any atom is 0.343 e. The van der Waals surface area contributed by atoms with E-state index < -0.39 is 11.9 Å². The summed E-state index contributed by atoms with van der Waals surface area (Å²) in [4.78, 5) is 25.8. The van der Waals surface area contributed by atoms with Crippen LogP contribution in [-0.2, 0) is 11.8 Å². The topological polar surface area (TPSA) is 52.6 Å². The lowest BCUT2D eigenvalue weighted by atomic mass is 9.72. The van der Waals surface area contributed by atoms with Crippen molar-refractivity contribution in [2.45, 2.75) is 59.8 Å². The lowest BCUT2D eigenvalue weighted by Crippen LogP contribution is -2.25. The van der Waals surface area contributed by atoms with E-state index in [9.17, 15) is 9.59 Å². The summed E-state index contributed by atoms with van der Waals surface area (Å²) in [5.74, 6) is -0.440. The predicted molar refractivity (Wildman–Crippen MR) is 136 cm³/mol. The summed E-state index contributed by atoms with van der Waals surface area (Å²) < 4.78 is 11.7. The summed E-state index contributed by atoms with van der Waals surface area (Å²) in [6.07, 6.45) is 1.55. The molecule has 0 amide bonds. The first-order valence-corrected chi connectivity index (χ1v) is 11.7. The van der Waals surface area contributed by atoms with Gasteiger partial charge in [0, 0.05) is 0 Å². The first-order chi connectivity index (χ1) is 16.0. The van der Waals surface area contributed by atoms with Gasteiger partial charge in [0.2, 0.25) is 0 Å². The van der Waals surface area contributed by atoms with E-state index in [4.69, 9.17) is 9.47 Å². The normalized spacial score (nSPS) is 11.7. The highest BCUT2D eigenvalue weighted by Gasteiger charge is 2.30. The number of aryl methyl sites for hydroxylation is 1. The van der Waals surface area contributed by atoms with Crippen molar-refractivity contribution in [3.63, 3.8) is 0 Å². The molecule has 0 atom stereocenters. The van der Waals surface area contributed by atoms with Gasteiger partial charge in [-0.1, -0.05) is 84.0 Å². The van der Waals surface area contributed by atoms with Crippen molar-refractivity contribution in [1.82, 2.24) is 0 Å². The fourth-order valence-corrected chi connectivity index (χ4v) is 4.39. The molecule has 0 saturated carbocycles. The Morgan fingerprint density at radius 3 is 1.71 bits per heavy atom. The molecule has 4 heteroatoms. The lowest BCUT2D eigenvalue weighted by molar-refractivity contribution is 0.0680. The van der Waals surface area contributed by atoms with Gasteiger partial charge in [-0.15, -0.1) is 0 Å². The van der Waals surface area contributed by atoms with Crippen molar-refractivity contribution in [2.24, 2.45) is 5.41 Å². The molecular formula is C30H34O4. The molecule has 0 bridgehead atoms. The van der Waals surface area contributed by atoms with E-state index in [1.54, 1.807) is 48.5 Å². The van der Waals surface area contributed by atoms with E-state index >= 15 is 0 Å². The number of carbonyl (C=O) groups excluding carboxylic acids is 2. The van der Waals surface area contributed by atoms with Crippen molar-refractivity contribution in [2.75, 3.05) is 0 Å². The predicted octanol–water partition coefficient (Wildman–Crippen LogP) is 7.40. The van der Waals surface area contributed by atoms with Crippen molar-refractivity contribution in [3.8, 4) is 11.5 Å². The second-order valence-corrected chi connectivity index (χ2v) is 10.4. The molecule has 0 N–H and O–H groups in total. The molecule has 0 unspecified atom stereocenters. The highest BCUT2D eigenvalue weighted by Crippen LogP contribution is 2.42. The number of esters is 2. The van der Waals surface area contributed by atoms with Crippen LogP contribution in [0.4, 0.5) is 0 Å². The van der Waals surface area contributed by atoms with Gasteiger partial charge in [-0.3, -0.25) is 0 Å². The molecule has 0 radical (unpaired) electrons. The SMILES string of the molecule is CCc1cc(C(C)(C)CC(C)(C)C)cc(OC(=O)c2ccccc2)c1OC(=O)c1ccccc1. The van der Waals surface area contributed by atoms with Crippen molar-refractivity contribution >= 4 is 11.9 Å². The molecule has 0 aliphatic rings. The smallest absolute Gasteiger partial charge is 0.343 e. The number of carbonyl (C=O) groups is 2. The third-order valence-electron chi connectivity index (χ3n) is 5.68. The Labute approximate surface area is 202 Å². The largest absolute Gasteiger partial charge is 0.419 e. The van der Waals surface area contributed by atoms with Crippen LogP contribution in [0.15, 0.2) is 72.8 Å². The molecule has 0 saturated heterocycles. The first-order valence-electron chi connectivity index (χ1n) is 11.7. The van der Waals surface area contributed by atoms with Crippen LogP contribution in [0.5, 0.6) is 11.5 Å². The van der Waals surface area contributed by atoms with E-state index in [1.165, 1.54) is 0 Å². The maximum absolute atomic E-state index is 12.9. The molecule has 0 aliphatic heterocycles. The minimum Gasteiger partial charge on any atom is -0.419 e. The van der Waals surface area contributed by atoms with Crippen LogP contribution in [0.3, 0.4) is 0 Å². The molecule has 4 nitrogen and oxygen atoms in total. The average molecular weight is 459 g/mol. The van der Waals surface area contributed by atoms with Crippen molar-refractivity contribution in [1.29, 1.82) is 0 Å². The Hall–Kier alpha value is -3.40. The van der Waals surface area contributed by atoms with E-state index in [2.05, 4.69) is 40.7 Å². The minimum absolute atomic E-state index is 0.106. The average Bonchev–Trinajstić information content (AvgIpc) is 2.79. The van der Waals surface area contributed by atoms with Gasteiger partial charge in [0.25, 0.3) is 0 Å². The molecule has 0 aliphatic carbocycles. The molecule has 3 aromatic carbocycles. The minimum atomic E-state index is -0.495. The van der Waals surface area contributed by atoms with Crippen LogP contribution >= 0.6 is 0 Å². The van der Waals surface area contributed by atoms with Crippen LogP contribution in [0, 0.1) is 5.41 Å². The van der Waals surface area contributed by atoms with Gasteiger partial charge in [-0.25, -0.2) is 9.59 Å². The molecule has 0 heterocycles. The molecule has 0 spiro atoms. The number of hydrogen-bond acceptors (Lipinski definition) is 4. The number of hydrogen-bond donors (Lipinski definition) is 0. The molecule has 3 rings (SSSR count). The fraction of sp³-hybridized carbons (Fsp3) is 0.333. The fourth-order valence-electron chi connectivity index (χ4n) is 4.39. The zero-order valence-corrected chi connectivity index (χ0v) is 21.0. The van der Waals surface area contributed by atoms with Gasteiger partial charge in [0.1, 0.15) is 0 Å². The number of benzene rings is 3. The lowest BCUT2D eigenvalue weighted by Gasteiger charge is -2.33. The molecule has 0 fully saturated rings. The van der Waals surface area contributed by atoms with Crippen LogP contribution < -0.4 is 9.47 Å². The van der Waals surface area contributed by atoms with Crippen LogP contribution in [-0.4, -0.2) is 11.9 Å². The Balaban J connectivity index is 2.08. The molecule has 3 aromatic rings. The second kappa shape index (κ2) is 10.3. The van der Waals surface area contributed by atoms with Gasteiger partial charge in [-0.2, -0.15) is 0 Å². The molecule has 0 aromatic heterocycles. The quantitative estimate of drug-likeness (QED) is 0.273. The van der Waals surface area contributed by atoms with Crippen molar-refractivity contribution < 1.29 is 19.1 Å². The van der Waals surface area contributed by atoms with E-state index in [0.29, 0.717) is 17.5 Å². The van der Waals surface area contributed by atoms with E-state index in [-0.39, 0.29) is 22.3 Å². The Kier molecular flexibility index (Phi) is 7.61. The molecule has 178 valence electrons. The number of ether oxygens (including phenoxy) is 2. The van der Waals surface area contributed by atoms with Gasteiger partial charge in [-0.05, 0) is 65.1 Å². The molecular weight excluding hydrogens is 424 g/mol. The zero-order chi connectivity index (χ0) is 24.9. The monoisotopic (exact) mass is 458 g/mol. The second-order valence-electron chi connectivity index (χ2n) is 10.4. The van der Waals surface area contributed by atoms with Gasteiger partial charge < -0.3 is 9.47 Å².